The maximum absolute atomic E-state index is 14.1. The van der Waals surface area contributed by atoms with Crippen molar-refractivity contribution >= 4 is 29.2 Å². The van der Waals surface area contributed by atoms with Crippen molar-refractivity contribution in [1.82, 2.24) is 5.32 Å². The summed E-state index contributed by atoms with van der Waals surface area (Å²) in [6, 6.07) is 46.7. The SMILES string of the molecule is COc1ccc(COc2ccc(/C(=N/OC(c3ccccc3)(c3ccccc3)c3ccccc3)C(=O)NCCC(=O)O)c(Cl)c2OCc2ccc(OC)cc2)cc1. The Labute approximate surface area is 336 Å². The molecule has 0 aliphatic heterocycles. The minimum atomic E-state index is -1.34. The Bertz CT molecular complexity index is 2170. The molecule has 0 radical (unpaired) electrons. The molecule has 10 nitrogen and oxygen atoms in total. The van der Waals surface area contributed by atoms with Gasteiger partial charge in [0.05, 0.1) is 25.7 Å². The summed E-state index contributed by atoms with van der Waals surface area (Å²) < 4.78 is 23.2. The van der Waals surface area contributed by atoms with E-state index in [2.05, 4.69) is 10.5 Å². The first-order chi connectivity index (χ1) is 27.8. The number of aliphatic carboxylic acids is 1. The molecule has 0 saturated carbocycles. The molecule has 11 heteroatoms. The summed E-state index contributed by atoms with van der Waals surface area (Å²) in [6.45, 7) is 0.0981. The van der Waals surface area contributed by atoms with E-state index in [-0.39, 0.29) is 48.2 Å². The molecule has 0 bridgehead atoms. The van der Waals surface area contributed by atoms with E-state index in [4.69, 9.17) is 35.4 Å². The van der Waals surface area contributed by atoms with Crippen LogP contribution in [0.1, 0.15) is 39.8 Å². The Morgan fingerprint density at radius 2 is 1.12 bits per heavy atom. The quantitative estimate of drug-likeness (QED) is 0.0504. The Hall–Kier alpha value is -6.78. The van der Waals surface area contributed by atoms with Crippen molar-refractivity contribution in [3.8, 4) is 23.0 Å². The molecule has 290 valence electrons. The molecule has 0 atom stereocenters. The Balaban J connectivity index is 1.47. The van der Waals surface area contributed by atoms with E-state index in [1.165, 1.54) is 0 Å². The van der Waals surface area contributed by atoms with Crippen LogP contribution in [0.4, 0.5) is 0 Å². The number of hydrogen-bond donors (Lipinski definition) is 2. The van der Waals surface area contributed by atoms with Gasteiger partial charge in [-0.25, -0.2) is 0 Å². The summed E-state index contributed by atoms with van der Waals surface area (Å²) >= 11 is 7.22. The smallest absolute Gasteiger partial charge is 0.305 e. The molecule has 57 heavy (non-hydrogen) atoms. The summed E-state index contributed by atoms with van der Waals surface area (Å²) in [5, 5.41) is 16.7. The number of ether oxygens (including phenoxy) is 4. The molecule has 1 amide bonds. The van der Waals surface area contributed by atoms with Crippen molar-refractivity contribution < 1.29 is 38.5 Å². The number of carbonyl (C=O) groups is 2. The van der Waals surface area contributed by atoms with Gasteiger partial charge in [0.25, 0.3) is 5.91 Å². The maximum atomic E-state index is 14.1. The predicted octanol–water partition coefficient (Wildman–Crippen LogP) is 8.82. The second kappa shape index (κ2) is 19.2. The van der Waals surface area contributed by atoms with Gasteiger partial charge in [-0.3, -0.25) is 9.59 Å². The highest BCUT2D eigenvalue weighted by molar-refractivity contribution is 6.49. The Kier molecular flexibility index (Phi) is 13.4. The zero-order valence-electron chi connectivity index (χ0n) is 31.4. The molecular formula is C46H41ClN2O8. The van der Waals surface area contributed by atoms with E-state index in [1.54, 1.807) is 26.4 Å². The van der Waals surface area contributed by atoms with Gasteiger partial charge in [-0.1, -0.05) is 132 Å². The second-order valence-electron chi connectivity index (χ2n) is 12.7. The number of nitrogens with one attached hydrogen (secondary N) is 1. The monoisotopic (exact) mass is 784 g/mol. The fraction of sp³-hybridized carbons (Fsp3) is 0.152. The number of carboxylic acid groups (broad SMARTS) is 1. The predicted molar refractivity (Wildman–Crippen MR) is 218 cm³/mol. The molecule has 2 N–H and O–H groups in total. The highest BCUT2D eigenvalue weighted by Crippen LogP contribution is 2.42. The lowest BCUT2D eigenvalue weighted by Gasteiger charge is -2.33. The van der Waals surface area contributed by atoms with Gasteiger partial charge in [-0.2, -0.15) is 0 Å². The molecule has 0 fully saturated rings. The molecule has 6 aromatic rings. The highest BCUT2D eigenvalue weighted by atomic mass is 35.5. The number of amides is 1. The first kappa shape index (κ1) is 39.9. The molecule has 0 saturated heterocycles. The number of methoxy groups -OCH3 is 2. The molecular weight excluding hydrogens is 744 g/mol. The van der Waals surface area contributed by atoms with Crippen LogP contribution in [0.25, 0.3) is 0 Å². The zero-order valence-corrected chi connectivity index (χ0v) is 32.1. The van der Waals surface area contributed by atoms with Gasteiger partial charge < -0.3 is 34.2 Å². The van der Waals surface area contributed by atoms with Crippen molar-refractivity contribution in [3.63, 3.8) is 0 Å². The lowest BCUT2D eigenvalue weighted by atomic mass is 9.80. The molecule has 0 heterocycles. The van der Waals surface area contributed by atoms with E-state index < -0.39 is 17.5 Å². The first-order valence-electron chi connectivity index (χ1n) is 18.1. The van der Waals surface area contributed by atoms with E-state index in [0.717, 1.165) is 27.8 Å². The number of oxime groups is 1. The molecule has 6 rings (SSSR count). The van der Waals surface area contributed by atoms with Crippen LogP contribution in [0.15, 0.2) is 157 Å². The van der Waals surface area contributed by atoms with Crippen molar-refractivity contribution in [2.75, 3.05) is 20.8 Å². The van der Waals surface area contributed by atoms with Crippen LogP contribution in [0.5, 0.6) is 23.0 Å². The molecule has 0 unspecified atom stereocenters. The van der Waals surface area contributed by atoms with Crippen molar-refractivity contribution in [2.45, 2.75) is 25.2 Å². The molecule has 0 aromatic heterocycles. The average Bonchev–Trinajstić information content (AvgIpc) is 3.25. The van der Waals surface area contributed by atoms with E-state index in [0.29, 0.717) is 17.2 Å². The summed E-state index contributed by atoms with van der Waals surface area (Å²) in [4.78, 5) is 32.3. The number of benzene rings is 6. The van der Waals surface area contributed by atoms with Gasteiger partial charge in [0, 0.05) is 28.8 Å². The van der Waals surface area contributed by atoms with Crippen molar-refractivity contribution in [2.24, 2.45) is 5.16 Å². The fourth-order valence-electron chi connectivity index (χ4n) is 6.10. The van der Waals surface area contributed by atoms with E-state index >= 15 is 0 Å². The van der Waals surface area contributed by atoms with Crippen LogP contribution in [0.3, 0.4) is 0 Å². The molecule has 0 aliphatic rings. The Morgan fingerprint density at radius 3 is 1.58 bits per heavy atom. The van der Waals surface area contributed by atoms with Gasteiger partial charge in [-0.05, 0) is 47.5 Å². The topological polar surface area (TPSA) is 125 Å². The number of rotatable bonds is 18. The minimum Gasteiger partial charge on any atom is -0.497 e. The van der Waals surface area contributed by atoms with Crippen molar-refractivity contribution in [3.05, 3.63) is 190 Å². The minimum absolute atomic E-state index is 0.0243. The molecule has 0 spiro atoms. The lowest BCUT2D eigenvalue weighted by molar-refractivity contribution is -0.136. The third kappa shape index (κ3) is 9.73. The number of nitrogens with zero attached hydrogens (tertiary/aromatic N) is 1. The number of carboxylic acids is 1. The first-order valence-corrected chi connectivity index (χ1v) is 18.5. The van der Waals surface area contributed by atoms with Gasteiger partial charge >= 0.3 is 5.97 Å². The number of carbonyl (C=O) groups excluding carboxylic acids is 1. The van der Waals surface area contributed by atoms with Crippen LogP contribution in [0, 0.1) is 0 Å². The zero-order chi connectivity index (χ0) is 40.0. The largest absolute Gasteiger partial charge is 0.497 e. The summed E-state index contributed by atoms with van der Waals surface area (Å²) in [5.41, 5.74) is 2.53. The van der Waals surface area contributed by atoms with Crippen LogP contribution in [0.2, 0.25) is 5.02 Å². The van der Waals surface area contributed by atoms with Crippen LogP contribution in [-0.2, 0) is 33.2 Å². The number of halogens is 1. The highest BCUT2D eigenvalue weighted by Gasteiger charge is 2.40. The standard InChI is InChI=1S/C46H41ClN2O8/c1-53-37-22-18-32(19-23-37)30-55-40-27-26-39(42(47)44(40)56-31-33-20-24-38(54-2)25-21-33)43(45(52)48-29-28-41(50)51)49-57-46(34-12-6-3-7-13-34,35-14-8-4-9-15-35)36-16-10-5-11-17-36/h3-27H,28-31H2,1-2H3,(H,48,52)(H,50,51)/b49-43-. The fourth-order valence-corrected chi connectivity index (χ4v) is 6.40. The third-order valence-electron chi connectivity index (χ3n) is 9.07. The van der Waals surface area contributed by atoms with Gasteiger partial charge in [0.2, 0.25) is 5.60 Å². The maximum Gasteiger partial charge on any atom is 0.305 e. The lowest BCUT2D eigenvalue weighted by Crippen LogP contribution is -2.36. The van der Waals surface area contributed by atoms with Gasteiger partial charge in [0.15, 0.2) is 17.2 Å². The van der Waals surface area contributed by atoms with E-state index in [1.807, 2.05) is 140 Å². The normalized spacial score (nSPS) is 11.3. The third-order valence-corrected chi connectivity index (χ3v) is 9.44. The summed E-state index contributed by atoms with van der Waals surface area (Å²) in [5.74, 6) is 0.0775. The van der Waals surface area contributed by atoms with Gasteiger partial charge in [0.1, 0.15) is 24.7 Å². The number of hydrogen-bond acceptors (Lipinski definition) is 8. The van der Waals surface area contributed by atoms with Gasteiger partial charge in [-0.15, -0.1) is 0 Å². The molecule has 0 aliphatic carbocycles. The van der Waals surface area contributed by atoms with Crippen LogP contribution >= 0.6 is 11.6 Å². The van der Waals surface area contributed by atoms with Crippen LogP contribution < -0.4 is 24.3 Å². The van der Waals surface area contributed by atoms with Crippen molar-refractivity contribution in [1.29, 1.82) is 0 Å². The van der Waals surface area contributed by atoms with Crippen LogP contribution in [-0.4, -0.2) is 43.5 Å². The Morgan fingerprint density at radius 1 is 0.649 bits per heavy atom. The summed E-state index contributed by atoms with van der Waals surface area (Å²) in [6.07, 6.45) is -0.316. The molecule has 6 aromatic carbocycles. The average molecular weight is 785 g/mol. The summed E-state index contributed by atoms with van der Waals surface area (Å²) in [7, 11) is 3.19. The second-order valence-corrected chi connectivity index (χ2v) is 13.1. The van der Waals surface area contributed by atoms with E-state index in [9.17, 15) is 14.7 Å².